The predicted octanol–water partition coefficient (Wildman–Crippen LogP) is 16.1. The van der Waals surface area contributed by atoms with Gasteiger partial charge in [-0.05, 0) is 121 Å². The van der Waals surface area contributed by atoms with Gasteiger partial charge in [-0.2, -0.15) is 0 Å². The van der Waals surface area contributed by atoms with Gasteiger partial charge in [-0.15, -0.1) is 0 Å². The summed E-state index contributed by atoms with van der Waals surface area (Å²) in [7, 11) is 0. The first kappa shape index (κ1) is 38.3. The largest absolute Gasteiger partial charge is 0.310 e. The molecule has 0 atom stereocenters. The quantitative estimate of drug-likeness (QED) is 0.102. The third-order valence-electron chi connectivity index (χ3n) is 9.96. The number of halogens is 1. The summed E-state index contributed by atoms with van der Waals surface area (Å²) in [6.45, 7) is 8.12. The van der Waals surface area contributed by atoms with E-state index in [1.165, 1.54) is 0 Å². The highest BCUT2D eigenvalue weighted by Gasteiger charge is 2.24. The van der Waals surface area contributed by atoms with Gasteiger partial charge >= 0.3 is 0 Å². The Labute approximate surface area is 352 Å². The van der Waals surface area contributed by atoms with Crippen molar-refractivity contribution in [3.63, 3.8) is 0 Å². The maximum absolute atomic E-state index is 7.77. The highest BCUT2D eigenvalue weighted by atomic mass is 35.5. The maximum Gasteiger partial charge on any atom is 0.0887 e. The molecule has 0 aliphatic rings. The summed E-state index contributed by atoms with van der Waals surface area (Å²) < 4.78 is 0. The van der Waals surface area contributed by atoms with E-state index in [1.54, 1.807) is 6.08 Å². The number of allylic oxidation sites excluding steroid dienone is 3. The molecule has 0 aliphatic carbocycles. The molecular weight excluding hydrogens is 740 g/mol. The Morgan fingerprint density at radius 3 is 1.08 bits per heavy atom. The summed E-state index contributed by atoms with van der Waals surface area (Å²) in [5, 5.41) is 0.595. The Hall–Kier alpha value is -7.53. The Balaban J connectivity index is 1.28. The molecule has 0 spiro atoms. The van der Waals surface area contributed by atoms with Crippen LogP contribution in [0.3, 0.4) is 0 Å². The molecule has 286 valence electrons. The third kappa shape index (κ3) is 8.31. The molecule has 4 nitrogen and oxygen atoms in total. The van der Waals surface area contributed by atoms with Crippen LogP contribution < -0.4 is 19.6 Å². The van der Waals surface area contributed by atoms with Gasteiger partial charge in [0.1, 0.15) is 0 Å². The van der Waals surface area contributed by atoms with Gasteiger partial charge in [0, 0.05) is 56.9 Å². The van der Waals surface area contributed by atoms with Gasteiger partial charge in [0.2, 0.25) is 0 Å². The molecule has 8 aromatic carbocycles. The smallest absolute Gasteiger partial charge is 0.0887 e. The van der Waals surface area contributed by atoms with Crippen molar-refractivity contribution in [2.24, 2.45) is 0 Å². The monoisotopic (exact) mass is 782 g/mol. The summed E-state index contributed by atoms with van der Waals surface area (Å²) in [6.07, 6.45) is 5.60. The summed E-state index contributed by atoms with van der Waals surface area (Å²) in [6, 6.07) is 75.3. The molecule has 8 rings (SSSR count). The molecule has 0 bridgehead atoms. The second-order valence-electron chi connectivity index (χ2n) is 13.7. The van der Waals surface area contributed by atoms with Gasteiger partial charge in [-0.25, -0.2) is 0 Å². The fourth-order valence-corrected chi connectivity index (χ4v) is 7.68. The van der Waals surface area contributed by atoms with E-state index in [2.05, 4.69) is 209 Å². The highest BCUT2D eigenvalue weighted by Crippen LogP contribution is 2.48. The van der Waals surface area contributed by atoms with Crippen LogP contribution in [0.5, 0.6) is 0 Å². The zero-order valence-corrected chi connectivity index (χ0v) is 33.4. The van der Waals surface area contributed by atoms with E-state index in [-0.39, 0.29) is 0 Å². The van der Waals surface area contributed by atoms with Gasteiger partial charge in [0.25, 0.3) is 0 Å². The lowest BCUT2D eigenvalue weighted by Crippen LogP contribution is -2.17. The topological polar surface area (TPSA) is 13.0 Å². The summed E-state index contributed by atoms with van der Waals surface area (Å²) in [4.78, 5) is 8.90. The van der Waals surface area contributed by atoms with Gasteiger partial charge in [0.05, 0.1) is 16.4 Å². The Bertz CT molecular complexity index is 2630. The summed E-state index contributed by atoms with van der Waals surface area (Å²) in [5.41, 5.74) is 11.5. The van der Waals surface area contributed by atoms with Crippen LogP contribution in [0.1, 0.15) is 0 Å². The number of anilines is 11. The number of hydrogen-bond donors (Lipinski definition) is 0. The average molecular weight is 783 g/mol. The molecule has 0 N–H and O–H groups in total. The van der Waals surface area contributed by atoms with Crippen LogP contribution in [0, 0.1) is 0 Å². The molecule has 0 saturated carbocycles. The van der Waals surface area contributed by atoms with Crippen LogP contribution in [0.4, 0.5) is 62.6 Å². The average Bonchev–Trinajstić information content (AvgIpc) is 3.30. The van der Waals surface area contributed by atoms with Crippen LogP contribution in [0.25, 0.3) is 0 Å². The molecule has 0 fully saturated rings. The number of hydrogen-bond acceptors (Lipinski definition) is 4. The van der Waals surface area contributed by atoms with E-state index in [4.69, 9.17) is 11.6 Å². The first-order valence-corrected chi connectivity index (χ1v) is 19.9. The third-order valence-corrected chi connectivity index (χ3v) is 10.3. The molecule has 0 saturated heterocycles. The molecule has 0 radical (unpaired) electrons. The van der Waals surface area contributed by atoms with Crippen LogP contribution in [-0.2, 0) is 0 Å². The number of rotatable bonds is 14. The number of nitrogens with zero attached hydrogens (tertiary/aromatic N) is 4. The highest BCUT2D eigenvalue weighted by molar-refractivity contribution is 6.36. The van der Waals surface area contributed by atoms with E-state index in [0.29, 0.717) is 5.02 Å². The fourth-order valence-electron chi connectivity index (χ4n) is 7.38. The normalized spacial score (nSPS) is 11.0. The van der Waals surface area contributed by atoms with E-state index >= 15 is 0 Å². The lowest BCUT2D eigenvalue weighted by atomic mass is 10.1. The maximum atomic E-state index is 7.77. The van der Waals surface area contributed by atoms with Crippen molar-refractivity contribution in [1.29, 1.82) is 0 Å². The van der Waals surface area contributed by atoms with Gasteiger partial charge in [-0.1, -0.05) is 140 Å². The first-order valence-electron chi connectivity index (χ1n) is 19.5. The number of para-hydroxylation sites is 5. The van der Waals surface area contributed by atoms with E-state index in [9.17, 15) is 0 Å². The van der Waals surface area contributed by atoms with E-state index in [0.717, 1.165) is 68.3 Å². The molecule has 0 amide bonds. The van der Waals surface area contributed by atoms with Crippen LogP contribution in [0.15, 0.2) is 255 Å². The lowest BCUT2D eigenvalue weighted by molar-refractivity contribution is 1.20. The lowest BCUT2D eigenvalue weighted by Gasteiger charge is -2.32. The van der Waals surface area contributed by atoms with Crippen molar-refractivity contribution >= 4 is 74.2 Å². The zero-order chi connectivity index (χ0) is 40.4. The molecule has 8 aromatic rings. The molecular formula is C54H43ClN4. The van der Waals surface area contributed by atoms with Crippen LogP contribution in [0.2, 0.25) is 5.02 Å². The predicted molar refractivity (Wildman–Crippen MR) is 253 cm³/mol. The SMILES string of the molecule is C=C/C=C(\C=C)N(c1ccccc1)c1cccc(N(c2ccccc2)c2cccc(N(c3ccccc3)c3cccc(N(c4ccccc4)c4ccccc4)c3)c2Cl)c1. The molecule has 0 aromatic heterocycles. The van der Waals surface area contributed by atoms with Crippen molar-refractivity contribution in [2.75, 3.05) is 19.6 Å². The molecule has 0 heterocycles. The van der Waals surface area contributed by atoms with E-state index in [1.807, 2.05) is 54.6 Å². The van der Waals surface area contributed by atoms with Crippen molar-refractivity contribution in [2.45, 2.75) is 0 Å². The molecule has 5 heteroatoms. The van der Waals surface area contributed by atoms with Crippen molar-refractivity contribution in [3.05, 3.63) is 260 Å². The van der Waals surface area contributed by atoms with E-state index < -0.39 is 0 Å². The summed E-state index contributed by atoms with van der Waals surface area (Å²) >= 11 is 7.77. The Morgan fingerprint density at radius 2 is 0.678 bits per heavy atom. The second kappa shape index (κ2) is 18.2. The minimum absolute atomic E-state index is 0.595. The zero-order valence-electron chi connectivity index (χ0n) is 32.6. The van der Waals surface area contributed by atoms with Gasteiger partial charge < -0.3 is 19.6 Å². The Kier molecular flexibility index (Phi) is 11.8. The Morgan fingerprint density at radius 1 is 0.356 bits per heavy atom. The minimum Gasteiger partial charge on any atom is -0.310 e. The fraction of sp³-hybridized carbons (Fsp3) is 0. The standard InChI is InChI=1S/C54H43ClN4/c1-3-23-42(4-2)56(43-24-10-5-11-25-43)48-34-20-36-50(40-48)58(46-30-16-8-17-31-46)52-38-22-39-53(54(52)55)59(47-32-18-9-19-33-47)51-37-21-35-49(41-51)57(44-26-12-6-13-27-44)45-28-14-7-15-29-45/h3-41H,1-2H2/b42-23+. The van der Waals surface area contributed by atoms with Crippen molar-refractivity contribution in [3.8, 4) is 0 Å². The molecule has 59 heavy (non-hydrogen) atoms. The van der Waals surface area contributed by atoms with Crippen molar-refractivity contribution < 1.29 is 0 Å². The van der Waals surface area contributed by atoms with Crippen molar-refractivity contribution in [1.82, 2.24) is 0 Å². The number of benzene rings is 8. The minimum atomic E-state index is 0.595. The molecule has 0 unspecified atom stereocenters. The van der Waals surface area contributed by atoms with Gasteiger partial charge in [-0.3, -0.25) is 0 Å². The van der Waals surface area contributed by atoms with Crippen LogP contribution in [-0.4, -0.2) is 0 Å². The van der Waals surface area contributed by atoms with Gasteiger partial charge in [0.15, 0.2) is 0 Å². The second-order valence-corrected chi connectivity index (χ2v) is 14.1. The molecule has 0 aliphatic heterocycles. The van der Waals surface area contributed by atoms with Crippen LogP contribution >= 0.6 is 11.6 Å². The summed E-state index contributed by atoms with van der Waals surface area (Å²) in [5.74, 6) is 0. The first-order chi connectivity index (χ1) is 29.1.